The number of nitriles is 1. The average molecular weight is 141 g/mol. The molecule has 0 aliphatic carbocycles. The highest BCUT2D eigenvalue weighted by Gasteiger charge is 2.14. The third-order valence-electron chi connectivity index (χ3n) is 0.831. The molecule has 0 aromatic heterocycles. The Hall–Kier alpha value is -1.08. The van der Waals surface area contributed by atoms with Crippen LogP contribution in [0.5, 0.6) is 0 Å². The third kappa shape index (κ3) is 3.87. The Morgan fingerprint density at radius 1 is 1.60 bits per heavy atom. The minimum Gasteiger partial charge on any atom is -0.290 e. The van der Waals surface area contributed by atoms with Gasteiger partial charge in [-0.3, -0.25) is 10.2 Å². The van der Waals surface area contributed by atoms with Gasteiger partial charge < -0.3 is 0 Å². The van der Waals surface area contributed by atoms with Crippen molar-refractivity contribution in [3.05, 3.63) is 0 Å². The van der Waals surface area contributed by atoms with E-state index in [4.69, 9.17) is 5.26 Å². The van der Waals surface area contributed by atoms with Gasteiger partial charge in [-0.15, -0.1) is 0 Å². The molecule has 0 radical (unpaired) electrons. The molecule has 0 fully saturated rings. The van der Waals surface area contributed by atoms with E-state index < -0.39 is 5.54 Å². The Morgan fingerprint density at radius 2 is 2.10 bits per heavy atom. The molecule has 1 amide bonds. The Labute approximate surface area is 60.2 Å². The molecule has 0 saturated carbocycles. The maximum Gasteiger partial charge on any atom is 0.231 e. The van der Waals surface area contributed by atoms with E-state index in [1.807, 2.05) is 6.07 Å². The molecular formula is C6H11N3O. The molecule has 4 heteroatoms. The van der Waals surface area contributed by atoms with Gasteiger partial charge in [-0.25, -0.2) is 5.43 Å². The molecule has 0 aromatic carbocycles. The highest BCUT2D eigenvalue weighted by molar-refractivity contribution is 5.72. The molecule has 0 aliphatic heterocycles. The summed E-state index contributed by atoms with van der Waals surface area (Å²) in [5, 5.41) is 8.44. The van der Waals surface area contributed by atoms with Gasteiger partial charge in [-0.2, -0.15) is 5.26 Å². The lowest BCUT2D eigenvalue weighted by molar-refractivity contribution is -0.120. The summed E-state index contributed by atoms with van der Waals surface area (Å²) in [5.41, 5.74) is 4.17. The van der Waals surface area contributed by atoms with Crippen molar-refractivity contribution in [3.63, 3.8) is 0 Å². The fourth-order valence-electron chi connectivity index (χ4n) is 0.272. The molecule has 10 heavy (non-hydrogen) atoms. The lowest BCUT2D eigenvalue weighted by Crippen LogP contribution is -2.49. The zero-order valence-electron chi connectivity index (χ0n) is 6.36. The topological polar surface area (TPSA) is 64.9 Å². The van der Waals surface area contributed by atoms with Gasteiger partial charge in [-0.1, -0.05) is 0 Å². The molecule has 0 rings (SSSR count). The number of rotatable bonds is 2. The van der Waals surface area contributed by atoms with Crippen LogP contribution in [-0.2, 0) is 4.79 Å². The predicted octanol–water partition coefficient (Wildman–Crippen LogP) is -0.0707. The highest BCUT2D eigenvalue weighted by Crippen LogP contribution is 1.94. The summed E-state index contributed by atoms with van der Waals surface area (Å²) < 4.78 is 0. The average Bonchev–Trinajstić information content (AvgIpc) is 1.85. The summed E-state index contributed by atoms with van der Waals surface area (Å²) in [4.78, 5) is 10.3. The third-order valence-corrected chi connectivity index (χ3v) is 0.831. The maximum atomic E-state index is 10.3. The van der Waals surface area contributed by atoms with E-state index in [0.717, 1.165) is 0 Å². The summed E-state index contributed by atoms with van der Waals surface area (Å²) in [6.45, 7) is 4.71. The minimum atomic E-state index is -0.703. The van der Waals surface area contributed by atoms with Crippen LogP contribution in [0.25, 0.3) is 0 Å². The van der Waals surface area contributed by atoms with Gasteiger partial charge in [0, 0.05) is 6.92 Å². The van der Waals surface area contributed by atoms with E-state index in [0.29, 0.717) is 0 Å². The molecule has 2 N–H and O–H groups in total. The SMILES string of the molecule is CC(=O)NNC(C)(C)C#N. The molecule has 0 heterocycles. The molecule has 56 valence electrons. The first-order chi connectivity index (χ1) is 4.48. The standard InChI is InChI=1S/C6H11N3O/c1-5(10)8-9-6(2,3)4-7/h9H,1-3H3,(H,8,10). The van der Waals surface area contributed by atoms with Crippen LogP contribution < -0.4 is 10.9 Å². The number of carbonyl (C=O) groups excluding carboxylic acids is 1. The second-order valence-corrected chi connectivity index (χ2v) is 2.54. The molecule has 0 aromatic rings. The second kappa shape index (κ2) is 3.18. The van der Waals surface area contributed by atoms with Gasteiger partial charge in [0.1, 0.15) is 5.54 Å². The molecule has 0 saturated heterocycles. The molecule has 0 bridgehead atoms. The Kier molecular flexibility index (Phi) is 2.84. The van der Waals surface area contributed by atoms with Crippen molar-refractivity contribution in [1.82, 2.24) is 10.9 Å². The number of carbonyl (C=O) groups is 1. The van der Waals surface area contributed by atoms with Gasteiger partial charge in [0.05, 0.1) is 6.07 Å². The summed E-state index contributed by atoms with van der Waals surface area (Å²) in [7, 11) is 0. The predicted molar refractivity (Wildman–Crippen MR) is 36.6 cm³/mol. The van der Waals surface area contributed by atoms with Crippen molar-refractivity contribution in [2.75, 3.05) is 0 Å². The molecular weight excluding hydrogens is 130 g/mol. The zero-order chi connectivity index (χ0) is 8.20. The largest absolute Gasteiger partial charge is 0.290 e. The van der Waals surface area contributed by atoms with Crippen molar-refractivity contribution in [2.24, 2.45) is 0 Å². The van der Waals surface area contributed by atoms with Crippen molar-refractivity contribution in [3.8, 4) is 6.07 Å². The number of hydrazine groups is 1. The highest BCUT2D eigenvalue weighted by atomic mass is 16.2. The van der Waals surface area contributed by atoms with E-state index in [1.54, 1.807) is 13.8 Å². The molecule has 0 aliphatic rings. The smallest absolute Gasteiger partial charge is 0.231 e. The fraction of sp³-hybridized carbons (Fsp3) is 0.667. The van der Waals surface area contributed by atoms with E-state index in [-0.39, 0.29) is 5.91 Å². The quantitative estimate of drug-likeness (QED) is 0.529. The molecule has 4 nitrogen and oxygen atoms in total. The van der Waals surface area contributed by atoms with E-state index in [2.05, 4.69) is 10.9 Å². The molecule has 0 atom stereocenters. The minimum absolute atomic E-state index is 0.205. The Balaban J connectivity index is 3.71. The first-order valence-corrected chi connectivity index (χ1v) is 2.93. The normalized spacial score (nSPS) is 10.2. The first-order valence-electron chi connectivity index (χ1n) is 2.93. The van der Waals surface area contributed by atoms with Crippen LogP contribution >= 0.6 is 0 Å². The molecule has 0 unspecified atom stereocenters. The summed E-state index contributed by atoms with van der Waals surface area (Å²) in [6.07, 6.45) is 0. The molecule has 0 spiro atoms. The maximum absolute atomic E-state index is 10.3. The van der Waals surface area contributed by atoms with Gasteiger partial charge in [0.2, 0.25) is 5.91 Å². The van der Waals surface area contributed by atoms with Crippen LogP contribution in [0.1, 0.15) is 20.8 Å². The van der Waals surface area contributed by atoms with Gasteiger partial charge in [-0.05, 0) is 13.8 Å². The number of hydrogen-bond donors (Lipinski definition) is 2. The monoisotopic (exact) mass is 141 g/mol. The lowest BCUT2D eigenvalue weighted by Gasteiger charge is -2.16. The number of nitrogens with one attached hydrogen (secondary N) is 2. The fourth-order valence-corrected chi connectivity index (χ4v) is 0.272. The van der Waals surface area contributed by atoms with Gasteiger partial charge >= 0.3 is 0 Å². The second-order valence-electron chi connectivity index (χ2n) is 2.54. The summed E-state index contributed by atoms with van der Waals surface area (Å²) >= 11 is 0. The van der Waals surface area contributed by atoms with Crippen LogP contribution in [0.3, 0.4) is 0 Å². The zero-order valence-corrected chi connectivity index (χ0v) is 6.36. The van der Waals surface area contributed by atoms with Crippen LogP contribution in [0, 0.1) is 11.3 Å². The van der Waals surface area contributed by atoms with Crippen LogP contribution in [-0.4, -0.2) is 11.4 Å². The van der Waals surface area contributed by atoms with E-state index >= 15 is 0 Å². The van der Waals surface area contributed by atoms with Crippen molar-refractivity contribution < 1.29 is 4.79 Å². The van der Waals surface area contributed by atoms with Crippen LogP contribution in [0.15, 0.2) is 0 Å². The number of amides is 1. The van der Waals surface area contributed by atoms with E-state index in [1.165, 1.54) is 6.92 Å². The van der Waals surface area contributed by atoms with Crippen molar-refractivity contribution in [1.29, 1.82) is 5.26 Å². The number of hydrogen-bond acceptors (Lipinski definition) is 3. The summed E-state index contributed by atoms with van der Waals surface area (Å²) in [6, 6.07) is 1.97. The van der Waals surface area contributed by atoms with Gasteiger partial charge in [0.25, 0.3) is 0 Å². The van der Waals surface area contributed by atoms with E-state index in [9.17, 15) is 4.79 Å². The summed E-state index contributed by atoms with van der Waals surface area (Å²) in [5.74, 6) is -0.205. The first kappa shape index (κ1) is 8.92. The number of nitrogens with zero attached hydrogens (tertiary/aromatic N) is 1. The van der Waals surface area contributed by atoms with Gasteiger partial charge in [0.15, 0.2) is 0 Å². The van der Waals surface area contributed by atoms with Crippen LogP contribution in [0.4, 0.5) is 0 Å². The van der Waals surface area contributed by atoms with Crippen LogP contribution in [0.2, 0.25) is 0 Å². The van der Waals surface area contributed by atoms with Crippen molar-refractivity contribution in [2.45, 2.75) is 26.3 Å². The Morgan fingerprint density at radius 3 is 2.40 bits per heavy atom. The lowest BCUT2D eigenvalue weighted by atomic mass is 10.1. The van der Waals surface area contributed by atoms with Crippen molar-refractivity contribution >= 4 is 5.91 Å². The Bertz CT molecular complexity index is 168.